The molecule has 6 heteroatoms. The molecule has 2 heterocycles. The van der Waals surface area contributed by atoms with Crippen LogP contribution in [0.2, 0.25) is 0 Å². The van der Waals surface area contributed by atoms with Crippen molar-refractivity contribution in [2.24, 2.45) is 5.92 Å². The van der Waals surface area contributed by atoms with E-state index in [4.69, 9.17) is 9.72 Å². The summed E-state index contributed by atoms with van der Waals surface area (Å²) in [6.45, 7) is 7.83. The van der Waals surface area contributed by atoms with Crippen molar-refractivity contribution in [1.29, 1.82) is 0 Å². The average Bonchev–Trinajstić information content (AvgIpc) is 2.97. The number of rotatable bonds is 4. The molecule has 27 heavy (non-hydrogen) atoms. The number of pyridine rings is 1. The van der Waals surface area contributed by atoms with E-state index in [1.165, 1.54) is 7.11 Å². The topological polar surface area (TPSA) is 80.3 Å². The fraction of sp³-hybridized carbons (Fsp3) is 0.381. The van der Waals surface area contributed by atoms with Crippen molar-refractivity contribution in [3.8, 4) is 11.3 Å². The van der Waals surface area contributed by atoms with E-state index in [1.807, 2.05) is 52.0 Å². The highest BCUT2D eigenvalue weighted by molar-refractivity contribution is 5.93. The maximum atomic E-state index is 12.5. The molecule has 0 bridgehead atoms. The van der Waals surface area contributed by atoms with E-state index >= 15 is 0 Å². The summed E-state index contributed by atoms with van der Waals surface area (Å²) in [5.74, 6) is -0.521. The molecule has 142 valence electrons. The first-order valence-electron chi connectivity index (χ1n) is 9.01. The van der Waals surface area contributed by atoms with Gasteiger partial charge in [0.25, 0.3) is 0 Å². The normalized spacial score (nSPS) is 22.0. The molecular formula is C21H25N3O3. The van der Waals surface area contributed by atoms with Gasteiger partial charge < -0.3 is 10.1 Å². The molecule has 6 nitrogen and oxygen atoms in total. The quantitative estimate of drug-likeness (QED) is 0.812. The molecule has 0 spiro atoms. The van der Waals surface area contributed by atoms with Gasteiger partial charge in [0.1, 0.15) is 6.17 Å². The number of nitrogens with one attached hydrogen (secondary N) is 2. The van der Waals surface area contributed by atoms with Crippen LogP contribution in [0.15, 0.2) is 36.4 Å². The van der Waals surface area contributed by atoms with Crippen LogP contribution in [0.5, 0.6) is 0 Å². The standard InChI is InChI=1S/C21H25N3O3/c1-12(2)21(4)20(26)23-18(24-21)17-15(19(25)27-5)10-11-16(22-17)14-8-6-13(3)7-9-14/h6-12,18,24H,1-5H3,(H,23,26). The number of carbonyl (C=O) groups is 2. The summed E-state index contributed by atoms with van der Waals surface area (Å²) in [6, 6.07) is 11.5. The Balaban J connectivity index is 2.06. The van der Waals surface area contributed by atoms with Gasteiger partial charge in [0.15, 0.2) is 0 Å². The van der Waals surface area contributed by atoms with E-state index in [9.17, 15) is 9.59 Å². The van der Waals surface area contributed by atoms with E-state index in [0.717, 1.165) is 16.8 Å². The zero-order chi connectivity index (χ0) is 19.8. The number of nitrogens with zero attached hydrogens (tertiary/aromatic N) is 1. The number of aromatic nitrogens is 1. The fourth-order valence-electron chi connectivity index (χ4n) is 3.11. The number of hydrogen-bond donors (Lipinski definition) is 2. The average molecular weight is 367 g/mol. The lowest BCUT2D eigenvalue weighted by Crippen LogP contribution is -2.48. The van der Waals surface area contributed by atoms with Crippen LogP contribution in [0, 0.1) is 12.8 Å². The third-order valence-corrected chi connectivity index (χ3v) is 5.30. The summed E-state index contributed by atoms with van der Waals surface area (Å²) >= 11 is 0. The number of hydrogen-bond acceptors (Lipinski definition) is 5. The Morgan fingerprint density at radius 3 is 2.41 bits per heavy atom. The largest absolute Gasteiger partial charge is 0.465 e. The lowest BCUT2D eigenvalue weighted by molar-refractivity contribution is -0.125. The smallest absolute Gasteiger partial charge is 0.339 e. The zero-order valence-electron chi connectivity index (χ0n) is 16.3. The van der Waals surface area contributed by atoms with Crippen LogP contribution in [0.25, 0.3) is 11.3 Å². The maximum Gasteiger partial charge on any atom is 0.339 e. The molecule has 1 aromatic carbocycles. The second-order valence-corrected chi connectivity index (χ2v) is 7.39. The highest BCUT2D eigenvalue weighted by Gasteiger charge is 2.46. The minimum Gasteiger partial charge on any atom is -0.465 e. The summed E-state index contributed by atoms with van der Waals surface area (Å²) in [7, 11) is 1.33. The molecule has 1 saturated heterocycles. The molecular weight excluding hydrogens is 342 g/mol. The third-order valence-electron chi connectivity index (χ3n) is 5.30. The van der Waals surface area contributed by atoms with Gasteiger partial charge in [-0.3, -0.25) is 10.1 Å². The van der Waals surface area contributed by atoms with E-state index < -0.39 is 17.7 Å². The van der Waals surface area contributed by atoms with Gasteiger partial charge in [0.2, 0.25) is 5.91 Å². The first-order chi connectivity index (χ1) is 12.8. The Bertz CT molecular complexity index is 877. The monoisotopic (exact) mass is 367 g/mol. The van der Waals surface area contributed by atoms with Gasteiger partial charge in [-0.05, 0) is 31.9 Å². The van der Waals surface area contributed by atoms with Crippen molar-refractivity contribution in [3.05, 3.63) is 53.2 Å². The molecule has 2 aromatic rings. The number of aryl methyl sites for hydroxylation is 1. The van der Waals surface area contributed by atoms with Gasteiger partial charge >= 0.3 is 5.97 Å². The minimum atomic E-state index is -0.737. The molecule has 1 aliphatic rings. The Kier molecular flexibility index (Phi) is 5.02. The van der Waals surface area contributed by atoms with Gasteiger partial charge in [-0.25, -0.2) is 9.78 Å². The van der Waals surface area contributed by atoms with Crippen LogP contribution in [-0.4, -0.2) is 29.5 Å². The van der Waals surface area contributed by atoms with Crippen LogP contribution in [-0.2, 0) is 9.53 Å². The molecule has 2 atom stereocenters. The fourth-order valence-corrected chi connectivity index (χ4v) is 3.11. The molecule has 1 aromatic heterocycles. The van der Waals surface area contributed by atoms with Gasteiger partial charge in [-0.15, -0.1) is 0 Å². The number of ether oxygens (including phenoxy) is 1. The molecule has 2 unspecified atom stereocenters. The molecule has 0 aliphatic carbocycles. The number of amides is 1. The molecule has 1 fully saturated rings. The Morgan fingerprint density at radius 2 is 1.85 bits per heavy atom. The van der Waals surface area contributed by atoms with Crippen LogP contribution >= 0.6 is 0 Å². The number of benzene rings is 1. The van der Waals surface area contributed by atoms with Crippen LogP contribution in [0.4, 0.5) is 0 Å². The Morgan fingerprint density at radius 1 is 1.19 bits per heavy atom. The van der Waals surface area contributed by atoms with Crippen molar-refractivity contribution in [3.63, 3.8) is 0 Å². The lowest BCUT2D eigenvalue weighted by Gasteiger charge is -2.26. The first kappa shape index (κ1) is 19.0. The predicted octanol–water partition coefficient (Wildman–Crippen LogP) is 2.98. The third kappa shape index (κ3) is 3.45. The van der Waals surface area contributed by atoms with Crippen molar-refractivity contribution in [1.82, 2.24) is 15.6 Å². The number of methoxy groups -OCH3 is 1. The van der Waals surface area contributed by atoms with Crippen LogP contribution in [0.1, 0.15) is 48.6 Å². The Labute approximate surface area is 159 Å². The van der Waals surface area contributed by atoms with E-state index in [2.05, 4.69) is 10.6 Å². The van der Waals surface area contributed by atoms with Crippen LogP contribution < -0.4 is 10.6 Å². The van der Waals surface area contributed by atoms with Crippen molar-refractivity contribution in [2.75, 3.05) is 7.11 Å². The highest BCUT2D eigenvalue weighted by atomic mass is 16.5. The molecule has 1 amide bonds. The van der Waals surface area contributed by atoms with Gasteiger partial charge in [0.05, 0.1) is 29.6 Å². The molecule has 2 N–H and O–H groups in total. The summed E-state index contributed by atoms with van der Waals surface area (Å²) < 4.78 is 4.90. The summed E-state index contributed by atoms with van der Waals surface area (Å²) in [6.07, 6.45) is -0.565. The summed E-state index contributed by atoms with van der Waals surface area (Å²) in [5, 5.41) is 6.24. The molecule has 3 rings (SSSR count). The van der Waals surface area contributed by atoms with Gasteiger partial charge in [0, 0.05) is 5.56 Å². The lowest BCUT2D eigenvalue weighted by atomic mass is 9.89. The van der Waals surface area contributed by atoms with Crippen molar-refractivity contribution < 1.29 is 14.3 Å². The van der Waals surface area contributed by atoms with Gasteiger partial charge in [-0.2, -0.15) is 0 Å². The first-order valence-corrected chi connectivity index (χ1v) is 9.01. The summed E-state index contributed by atoms with van der Waals surface area (Å²) in [5.41, 5.74) is 2.88. The molecule has 1 aliphatic heterocycles. The maximum absolute atomic E-state index is 12.5. The van der Waals surface area contributed by atoms with Crippen LogP contribution in [0.3, 0.4) is 0 Å². The number of esters is 1. The molecule has 0 saturated carbocycles. The van der Waals surface area contributed by atoms with E-state index in [1.54, 1.807) is 12.1 Å². The van der Waals surface area contributed by atoms with Crippen molar-refractivity contribution in [2.45, 2.75) is 39.4 Å². The van der Waals surface area contributed by atoms with Gasteiger partial charge in [-0.1, -0.05) is 43.7 Å². The molecule has 0 radical (unpaired) electrons. The summed E-state index contributed by atoms with van der Waals surface area (Å²) in [4.78, 5) is 29.5. The second-order valence-electron chi connectivity index (χ2n) is 7.39. The Hall–Kier alpha value is -2.73. The number of carbonyl (C=O) groups excluding carboxylic acids is 2. The highest BCUT2D eigenvalue weighted by Crippen LogP contribution is 2.30. The van der Waals surface area contributed by atoms with E-state index in [-0.39, 0.29) is 11.8 Å². The van der Waals surface area contributed by atoms with Crippen molar-refractivity contribution >= 4 is 11.9 Å². The van der Waals surface area contributed by atoms with E-state index in [0.29, 0.717) is 11.3 Å². The minimum absolute atomic E-state index is 0.0735. The zero-order valence-corrected chi connectivity index (χ0v) is 16.3. The predicted molar refractivity (Wildman–Crippen MR) is 103 cm³/mol. The SMILES string of the molecule is COC(=O)c1ccc(-c2ccc(C)cc2)nc1C1NC(=O)C(C)(C(C)C)N1. The second kappa shape index (κ2) is 7.12.